The second-order valence-corrected chi connectivity index (χ2v) is 4.51. The van der Waals surface area contributed by atoms with Gasteiger partial charge in [0, 0.05) is 12.8 Å². The summed E-state index contributed by atoms with van der Waals surface area (Å²) in [6, 6.07) is 2.03. The molecule has 5 heteroatoms. The molecule has 74 valence electrons. The van der Waals surface area contributed by atoms with Gasteiger partial charge >= 0.3 is 0 Å². The highest BCUT2D eigenvalue weighted by molar-refractivity contribution is 9.10. The zero-order valence-corrected chi connectivity index (χ0v) is 10.3. The summed E-state index contributed by atoms with van der Waals surface area (Å²) in [6.45, 7) is 2.57. The van der Waals surface area contributed by atoms with Crippen LogP contribution in [0, 0.1) is 6.92 Å². The Morgan fingerprint density at radius 3 is 3.07 bits per heavy atom. The van der Waals surface area contributed by atoms with Crippen LogP contribution in [0.2, 0.25) is 0 Å². The summed E-state index contributed by atoms with van der Waals surface area (Å²) >= 11 is 4.82. The van der Waals surface area contributed by atoms with Crippen LogP contribution >= 0.6 is 27.5 Å². The Morgan fingerprint density at radius 1 is 1.57 bits per heavy atom. The Bertz CT molecular complexity index is 469. The van der Waals surface area contributed by atoms with Gasteiger partial charge in [0.05, 0.1) is 12.0 Å². The Balaban J connectivity index is 2.70. The third kappa shape index (κ3) is 1.67. The van der Waals surface area contributed by atoms with Crippen molar-refractivity contribution in [1.29, 1.82) is 0 Å². The third-order valence-electron chi connectivity index (χ3n) is 1.91. The molecule has 0 saturated carbocycles. The molecule has 0 aliphatic heterocycles. The first-order valence-electron chi connectivity index (χ1n) is 4.12. The second kappa shape index (κ2) is 3.92. The maximum absolute atomic E-state index is 5.14. The molecule has 0 aliphatic carbocycles. The van der Waals surface area contributed by atoms with Crippen LogP contribution in [0.15, 0.2) is 10.7 Å². The van der Waals surface area contributed by atoms with Crippen LogP contribution in [0.4, 0.5) is 0 Å². The van der Waals surface area contributed by atoms with Gasteiger partial charge in [0.15, 0.2) is 0 Å². The van der Waals surface area contributed by atoms with E-state index in [-0.39, 0.29) is 0 Å². The number of fused-ring (bicyclic) bond motifs is 1. The van der Waals surface area contributed by atoms with E-state index in [0.29, 0.717) is 6.61 Å². The molecule has 0 N–H and O–H groups in total. The zero-order chi connectivity index (χ0) is 10.1. The van der Waals surface area contributed by atoms with Crippen molar-refractivity contribution in [3.05, 3.63) is 21.9 Å². The van der Waals surface area contributed by atoms with Gasteiger partial charge in [0.25, 0.3) is 0 Å². The molecular weight excluding hydrogens is 264 g/mol. The van der Waals surface area contributed by atoms with E-state index in [1.165, 1.54) is 11.5 Å². The number of ether oxygens (including phenoxy) is 1. The SMILES string of the molecule is COCc1cc(C)nc2snc(Br)c12. The normalized spacial score (nSPS) is 11.1. The average Bonchev–Trinajstić information content (AvgIpc) is 2.48. The number of rotatable bonds is 2. The minimum atomic E-state index is 0.594. The van der Waals surface area contributed by atoms with Gasteiger partial charge in [-0.15, -0.1) is 0 Å². The summed E-state index contributed by atoms with van der Waals surface area (Å²) in [7, 11) is 1.69. The van der Waals surface area contributed by atoms with E-state index in [0.717, 1.165) is 26.1 Å². The lowest BCUT2D eigenvalue weighted by molar-refractivity contribution is 0.186. The van der Waals surface area contributed by atoms with Crippen molar-refractivity contribution in [2.24, 2.45) is 0 Å². The van der Waals surface area contributed by atoms with Crippen LogP contribution in [0.3, 0.4) is 0 Å². The summed E-state index contributed by atoms with van der Waals surface area (Å²) < 4.78 is 10.2. The van der Waals surface area contributed by atoms with Crippen molar-refractivity contribution in [2.75, 3.05) is 7.11 Å². The number of halogens is 1. The molecule has 0 radical (unpaired) electrons. The highest BCUT2D eigenvalue weighted by Crippen LogP contribution is 2.29. The Labute approximate surface area is 94.4 Å². The molecule has 14 heavy (non-hydrogen) atoms. The smallest absolute Gasteiger partial charge is 0.145 e. The van der Waals surface area contributed by atoms with E-state index >= 15 is 0 Å². The molecule has 2 heterocycles. The molecule has 2 aromatic rings. The van der Waals surface area contributed by atoms with Crippen LogP contribution < -0.4 is 0 Å². The first-order chi connectivity index (χ1) is 6.72. The van der Waals surface area contributed by atoms with Gasteiger partial charge in [0.1, 0.15) is 9.43 Å². The highest BCUT2D eigenvalue weighted by Gasteiger charge is 2.10. The first kappa shape index (κ1) is 10.0. The van der Waals surface area contributed by atoms with Crippen molar-refractivity contribution in [1.82, 2.24) is 9.36 Å². The number of hydrogen-bond donors (Lipinski definition) is 0. The Kier molecular flexibility index (Phi) is 2.80. The van der Waals surface area contributed by atoms with Crippen LogP contribution in [-0.2, 0) is 11.3 Å². The molecule has 0 bridgehead atoms. The number of methoxy groups -OCH3 is 1. The maximum atomic E-state index is 5.14. The van der Waals surface area contributed by atoms with Gasteiger partial charge in [-0.1, -0.05) is 0 Å². The van der Waals surface area contributed by atoms with E-state index in [9.17, 15) is 0 Å². The predicted octanol–water partition coefficient (Wildman–Crippen LogP) is 2.91. The summed E-state index contributed by atoms with van der Waals surface area (Å²) in [5.41, 5.74) is 2.14. The van der Waals surface area contributed by atoms with Crippen molar-refractivity contribution in [3.63, 3.8) is 0 Å². The monoisotopic (exact) mass is 272 g/mol. The van der Waals surface area contributed by atoms with E-state index < -0.39 is 0 Å². The van der Waals surface area contributed by atoms with Crippen LogP contribution in [0.1, 0.15) is 11.3 Å². The van der Waals surface area contributed by atoms with Gasteiger partial charge in [-0.05, 0) is 46.0 Å². The minimum absolute atomic E-state index is 0.594. The number of aryl methyl sites for hydroxylation is 1. The van der Waals surface area contributed by atoms with Crippen LogP contribution in [-0.4, -0.2) is 16.5 Å². The number of pyridine rings is 1. The third-order valence-corrected chi connectivity index (χ3v) is 3.47. The van der Waals surface area contributed by atoms with E-state index in [2.05, 4.69) is 25.3 Å². The molecule has 0 saturated heterocycles. The van der Waals surface area contributed by atoms with Crippen molar-refractivity contribution in [3.8, 4) is 0 Å². The lowest BCUT2D eigenvalue weighted by atomic mass is 10.2. The fraction of sp³-hybridized carbons (Fsp3) is 0.333. The summed E-state index contributed by atoms with van der Waals surface area (Å²) in [4.78, 5) is 5.37. The molecular formula is C9H9BrN2OS. The van der Waals surface area contributed by atoms with E-state index in [1.807, 2.05) is 13.0 Å². The fourth-order valence-electron chi connectivity index (χ4n) is 1.40. The van der Waals surface area contributed by atoms with Crippen LogP contribution in [0.5, 0.6) is 0 Å². The minimum Gasteiger partial charge on any atom is -0.380 e. The molecule has 2 aromatic heterocycles. The summed E-state index contributed by atoms with van der Waals surface area (Å²) in [6.07, 6.45) is 0. The zero-order valence-electron chi connectivity index (χ0n) is 7.87. The van der Waals surface area contributed by atoms with Crippen molar-refractivity contribution >= 4 is 37.7 Å². The van der Waals surface area contributed by atoms with Gasteiger partial charge in [-0.25, -0.2) is 4.98 Å². The topological polar surface area (TPSA) is 35.0 Å². The molecule has 2 rings (SSSR count). The predicted molar refractivity (Wildman–Crippen MR) is 60.6 cm³/mol. The molecule has 0 aliphatic rings. The summed E-state index contributed by atoms with van der Waals surface area (Å²) in [5.74, 6) is 0. The Hall–Kier alpha value is -0.520. The summed E-state index contributed by atoms with van der Waals surface area (Å²) in [5, 5.41) is 1.07. The fourth-order valence-corrected chi connectivity index (χ4v) is 2.95. The molecule has 0 aromatic carbocycles. The van der Waals surface area contributed by atoms with E-state index in [1.54, 1.807) is 7.11 Å². The molecule has 0 amide bonds. The van der Waals surface area contributed by atoms with Gasteiger partial charge in [0.2, 0.25) is 0 Å². The maximum Gasteiger partial charge on any atom is 0.145 e. The van der Waals surface area contributed by atoms with E-state index in [4.69, 9.17) is 4.74 Å². The van der Waals surface area contributed by atoms with Crippen molar-refractivity contribution in [2.45, 2.75) is 13.5 Å². The highest BCUT2D eigenvalue weighted by atomic mass is 79.9. The number of nitrogens with zero attached hydrogens (tertiary/aromatic N) is 2. The Morgan fingerprint density at radius 2 is 2.36 bits per heavy atom. The largest absolute Gasteiger partial charge is 0.380 e. The quantitative estimate of drug-likeness (QED) is 0.843. The standard InChI is InChI=1S/C9H9BrN2OS/c1-5-3-6(4-13-2)7-8(10)12-14-9(7)11-5/h3H,4H2,1-2H3. The molecule has 0 unspecified atom stereocenters. The number of aromatic nitrogens is 2. The molecule has 0 spiro atoms. The molecule has 0 fully saturated rings. The van der Waals surface area contributed by atoms with Gasteiger partial charge < -0.3 is 4.74 Å². The van der Waals surface area contributed by atoms with Crippen molar-refractivity contribution < 1.29 is 4.74 Å². The lowest BCUT2D eigenvalue weighted by Gasteiger charge is -2.02. The lowest BCUT2D eigenvalue weighted by Crippen LogP contribution is -1.92. The average molecular weight is 273 g/mol. The van der Waals surface area contributed by atoms with Gasteiger partial charge in [-0.3, -0.25) is 0 Å². The second-order valence-electron chi connectivity index (χ2n) is 3.01. The van der Waals surface area contributed by atoms with Gasteiger partial charge in [-0.2, -0.15) is 4.37 Å². The van der Waals surface area contributed by atoms with Crippen LogP contribution in [0.25, 0.3) is 10.2 Å². The molecule has 3 nitrogen and oxygen atoms in total. The number of hydrogen-bond acceptors (Lipinski definition) is 4. The first-order valence-corrected chi connectivity index (χ1v) is 5.69. The molecule has 0 atom stereocenters.